The van der Waals surface area contributed by atoms with E-state index in [0.717, 1.165) is 17.7 Å². The number of carbonyl (C=O) groups is 1. The lowest BCUT2D eigenvalue weighted by Crippen LogP contribution is -2.42. The summed E-state index contributed by atoms with van der Waals surface area (Å²) < 4.78 is 10.7. The van der Waals surface area contributed by atoms with Crippen molar-refractivity contribution in [1.29, 1.82) is 0 Å². The molecule has 1 rings (SSSR count). The van der Waals surface area contributed by atoms with Gasteiger partial charge in [-0.3, -0.25) is 10.1 Å². The van der Waals surface area contributed by atoms with Crippen molar-refractivity contribution in [3.63, 3.8) is 0 Å². The molecular weight excluding hydrogens is 266 g/mol. The maximum absolute atomic E-state index is 11.9. The van der Waals surface area contributed by atoms with Crippen LogP contribution in [-0.2, 0) is 16.1 Å². The van der Waals surface area contributed by atoms with Crippen LogP contribution in [0.1, 0.15) is 39.7 Å². The summed E-state index contributed by atoms with van der Waals surface area (Å²) in [6.07, 6.45) is 1.04. The molecule has 1 aromatic rings. The van der Waals surface area contributed by atoms with E-state index in [2.05, 4.69) is 12.2 Å². The summed E-state index contributed by atoms with van der Waals surface area (Å²) in [5.41, 5.74) is 1.04. The SMILES string of the molecule is CCC(C)C(NCc1ccccc1OC(C)C)C(=O)OC. The Morgan fingerprint density at radius 3 is 2.48 bits per heavy atom. The van der Waals surface area contributed by atoms with Crippen molar-refractivity contribution in [3.05, 3.63) is 29.8 Å². The van der Waals surface area contributed by atoms with Gasteiger partial charge in [0.25, 0.3) is 0 Å². The first-order chi connectivity index (χ1) is 9.99. The van der Waals surface area contributed by atoms with Crippen molar-refractivity contribution in [3.8, 4) is 5.75 Å². The van der Waals surface area contributed by atoms with Crippen LogP contribution < -0.4 is 10.1 Å². The Morgan fingerprint density at radius 2 is 1.90 bits per heavy atom. The molecule has 0 aromatic heterocycles. The van der Waals surface area contributed by atoms with Crippen LogP contribution >= 0.6 is 0 Å². The molecule has 2 unspecified atom stereocenters. The van der Waals surface area contributed by atoms with E-state index in [1.807, 2.05) is 45.0 Å². The number of hydrogen-bond donors (Lipinski definition) is 1. The molecule has 1 aromatic carbocycles. The lowest BCUT2D eigenvalue weighted by Gasteiger charge is -2.23. The van der Waals surface area contributed by atoms with Gasteiger partial charge >= 0.3 is 5.97 Å². The van der Waals surface area contributed by atoms with Crippen molar-refractivity contribution in [2.45, 2.75) is 52.8 Å². The summed E-state index contributed by atoms with van der Waals surface area (Å²) in [4.78, 5) is 11.9. The van der Waals surface area contributed by atoms with Crippen molar-refractivity contribution in [2.75, 3.05) is 7.11 Å². The molecule has 4 nitrogen and oxygen atoms in total. The van der Waals surface area contributed by atoms with Gasteiger partial charge in [0.2, 0.25) is 0 Å². The van der Waals surface area contributed by atoms with E-state index in [1.54, 1.807) is 0 Å². The van der Waals surface area contributed by atoms with Gasteiger partial charge in [0.1, 0.15) is 11.8 Å². The van der Waals surface area contributed by atoms with E-state index < -0.39 is 0 Å². The number of rotatable bonds is 8. The minimum atomic E-state index is -0.299. The number of hydrogen-bond acceptors (Lipinski definition) is 4. The predicted molar refractivity (Wildman–Crippen MR) is 84.3 cm³/mol. The highest BCUT2D eigenvalue weighted by Gasteiger charge is 2.24. The maximum atomic E-state index is 11.9. The molecule has 0 aliphatic heterocycles. The van der Waals surface area contributed by atoms with Gasteiger partial charge in [0, 0.05) is 12.1 Å². The van der Waals surface area contributed by atoms with Gasteiger partial charge in [-0.1, -0.05) is 38.5 Å². The first-order valence-corrected chi connectivity index (χ1v) is 7.55. The van der Waals surface area contributed by atoms with Crippen LogP contribution in [0.2, 0.25) is 0 Å². The minimum Gasteiger partial charge on any atom is -0.491 e. The van der Waals surface area contributed by atoms with Crippen molar-refractivity contribution < 1.29 is 14.3 Å². The molecule has 0 amide bonds. The van der Waals surface area contributed by atoms with Gasteiger partial charge in [-0.2, -0.15) is 0 Å². The topological polar surface area (TPSA) is 47.6 Å². The number of carbonyl (C=O) groups excluding carboxylic acids is 1. The molecule has 1 N–H and O–H groups in total. The molecule has 118 valence electrons. The molecule has 21 heavy (non-hydrogen) atoms. The highest BCUT2D eigenvalue weighted by atomic mass is 16.5. The molecular formula is C17H27NO3. The Bertz CT molecular complexity index is 445. The van der Waals surface area contributed by atoms with Crippen LogP contribution in [0.25, 0.3) is 0 Å². The fourth-order valence-corrected chi connectivity index (χ4v) is 2.12. The van der Waals surface area contributed by atoms with Gasteiger partial charge < -0.3 is 9.47 Å². The lowest BCUT2D eigenvalue weighted by molar-refractivity contribution is -0.144. The third kappa shape index (κ3) is 5.38. The van der Waals surface area contributed by atoms with Crippen LogP contribution in [0, 0.1) is 5.92 Å². The first-order valence-electron chi connectivity index (χ1n) is 7.55. The van der Waals surface area contributed by atoms with Gasteiger partial charge in [0.05, 0.1) is 13.2 Å². The number of para-hydroxylation sites is 1. The third-order valence-corrected chi connectivity index (χ3v) is 3.52. The van der Waals surface area contributed by atoms with Gasteiger partial charge in [-0.25, -0.2) is 0 Å². The average Bonchev–Trinajstić information content (AvgIpc) is 2.47. The smallest absolute Gasteiger partial charge is 0.323 e. The van der Waals surface area contributed by atoms with E-state index >= 15 is 0 Å². The van der Waals surface area contributed by atoms with Crippen LogP contribution in [0.15, 0.2) is 24.3 Å². The van der Waals surface area contributed by atoms with Crippen LogP contribution in [0.3, 0.4) is 0 Å². The largest absolute Gasteiger partial charge is 0.491 e. The Hall–Kier alpha value is -1.55. The first kappa shape index (κ1) is 17.5. The summed E-state index contributed by atoms with van der Waals surface area (Å²) in [6, 6.07) is 7.59. The van der Waals surface area contributed by atoms with Crippen molar-refractivity contribution >= 4 is 5.97 Å². The van der Waals surface area contributed by atoms with Gasteiger partial charge in [-0.15, -0.1) is 0 Å². The van der Waals surface area contributed by atoms with E-state index in [4.69, 9.17) is 9.47 Å². The second-order valence-corrected chi connectivity index (χ2v) is 5.54. The van der Waals surface area contributed by atoms with Crippen LogP contribution in [0.4, 0.5) is 0 Å². The molecule has 0 heterocycles. The molecule has 0 aliphatic carbocycles. The highest BCUT2D eigenvalue weighted by molar-refractivity contribution is 5.76. The Labute approximate surface area is 127 Å². The second kappa shape index (κ2) is 8.67. The summed E-state index contributed by atoms with van der Waals surface area (Å²) in [5, 5.41) is 3.30. The van der Waals surface area contributed by atoms with E-state index in [0.29, 0.717) is 6.54 Å². The lowest BCUT2D eigenvalue weighted by atomic mass is 9.99. The Balaban J connectivity index is 2.78. The third-order valence-electron chi connectivity index (χ3n) is 3.52. The van der Waals surface area contributed by atoms with E-state index in [9.17, 15) is 4.79 Å². The zero-order valence-electron chi connectivity index (χ0n) is 13.7. The molecule has 0 aliphatic rings. The molecule has 0 saturated carbocycles. The van der Waals surface area contributed by atoms with E-state index in [-0.39, 0.29) is 24.0 Å². The zero-order chi connectivity index (χ0) is 15.8. The summed E-state index contributed by atoms with van der Waals surface area (Å²) in [7, 11) is 1.43. The molecule has 0 fully saturated rings. The fourth-order valence-electron chi connectivity index (χ4n) is 2.12. The Kier molecular flexibility index (Phi) is 7.23. The van der Waals surface area contributed by atoms with Crippen LogP contribution in [0.5, 0.6) is 5.75 Å². The fraction of sp³-hybridized carbons (Fsp3) is 0.588. The normalized spacial score (nSPS) is 13.8. The minimum absolute atomic E-state index is 0.122. The number of nitrogens with one attached hydrogen (secondary N) is 1. The molecule has 0 saturated heterocycles. The summed E-state index contributed by atoms with van der Waals surface area (Å²) in [5.74, 6) is 0.856. The van der Waals surface area contributed by atoms with Gasteiger partial charge in [0.15, 0.2) is 0 Å². The number of ether oxygens (including phenoxy) is 2. The molecule has 0 radical (unpaired) electrons. The molecule has 0 bridgehead atoms. The summed E-state index contributed by atoms with van der Waals surface area (Å²) >= 11 is 0. The maximum Gasteiger partial charge on any atom is 0.323 e. The monoisotopic (exact) mass is 293 g/mol. The predicted octanol–water partition coefficient (Wildman–Crippen LogP) is 3.15. The standard InChI is InChI=1S/C17H27NO3/c1-6-13(4)16(17(19)20-5)18-11-14-9-7-8-10-15(14)21-12(2)3/h7-10,12-13,16,18H,6,11H2,1-5H3. The van der Waals surface area contributed by atoms with Crippen molar-refractivity contribution in [1.82, 2.24) is 5.32 Å². The Morgan fingerprint density at radius 1 is 1.24 bits per heavy atom. The average molecular weight is 293 g/mol. The summed E-state index contributed by atoms with van der Waals surface area (Å²) in [6.45, 7) is 8.69. The molecule has 2 atom stereocenters. The number of benzene rings is 1. The number of methoxy groups -OCH3 is 1. The highest BCUT2D eigenvalue weighted by Crippen LogP contribution is 2.20. The number of esters is 1. The van der Waals surface area contributed by atoms with Crippen LogP contribution in [-0.4, -0.2) is 25.2 Å². The van der Waals surface area contributed by atoms with Crippen molar-refractivity contribution in [2.24, 2.45) is 5.92 Å². The van der Waals surface area contributed by atoms with Gasteiger partial charge in [-0.05, 0) is 25.8 Å². The zero-order valence-corrected chi connectivity index (χ0v) is 13.7. The molecule has 4 heteroatoms. The molecule has 0 spiro atoms. The van der Waals surface area contributed by atoms with E-state index in [1.165, 1.54) is 7.11 Å². The quantitative estimate of drug-likeness (QED) is 0.748. The second-order valence-electron chi connectivity index (χ2n) is 5.54.